The number of methoxy groups -OCH3 is 1. The summed E-state index contributed by atoms with van der Waals surface area (Å²) in [5, 5.41) is 2.98. The first kappa shape index (κ1) is 17.4. The van der Waals surface area contributed by atoms with Crippen LogP contribution in [-0.2, 0) is 4.79 Å². The zero-order valence-electron chi connectivity index (χ0n) is 14.8. The third-order valence-corrected chi connectivity index (χ3v) is 4.52. The van der Waals surface area contributed by atoms with Gasteiger partial charge >= 0.3 is 0 Å². The molecule has 1 fully saturated rings. The summed E-state index contributed by atoms with van der Waals surface area (Å²) in [5.74, 6) is 1.67. The summed E-state index contributed by atoms with van der Waals surface area (Å²) in [6.07, 6.45) is 1.62. The summed E-state index contributed by atoms with van der Waals surface area (Å²) in [4.78, 5) is 16.7. The lowest BCUT2D eigenvalue weighted by Gasteiger charge is -2.35. The highest BCUT2D eigenvalue weighted by atomic mass is 16.5. The molecule has 1 aliphatic heterocycles. The van der Waals surface area contributed by atoms with Crippen LogP contribution in [0, 0.1) is 0 Å². The smallest absolute Gasteiger partial charge is 0.234 e. The number of furan rings is 1. The fraction of sp³-hybridized carbons (Fsp3) is 0.421. The molecule has 1 N–H and O–H groups in total. The number of rotatable bonds is 6. The van der Waals surface area contributed by atoms with Gasteiger partial charge in [-0.25, -0.2) is 0 Å². The van der Waals surface area contributed by atoms with Crippen molar-refractivity contribution in [1.29, 1.82) is 0 Å². The van der Waals surface area contributed by atoms with Gasteiger partial charge in [0.25, 0.3) is 0 Å². The van der Waals surface area contributed by atoms with Crippen molar-refractivity contribution in [2.75, 3.05) is 44.7 Å². The van der Waals surface area contributed by atoms with E-state index in [1.807, 2.05) is 31.2 Å². The Morgan fingerprint density at radius 2 is 1.92 bits per heavy atom. The topological polar surface area (TPSA) is 58.0 Å². The lowest BCUT2D eigenvalue weighted by atomic mass is 10.2. The quantitative estimate of drug-likeness (QED) is 0.872. The molecule has 1 unspecified atom stereocenters. The van der Waals surface area contributed by atoms with Gasteiger partial charge < -0.3 is 19.4 Å². The first-order chi connectivity index (χ1) is 12.2. The van der Waals surface area contributed by atoms with Crippen LogP contribution in [0.5, 0.6) is 5.75 Å². The molecule has 1 aliphatic rings. The summed E-state index contributed by atoms with van der Waals surface area (Å²) in [5.41, 5.74) is 1.19. The number of ether oxygens (including phenoxy) is 1. The number of anilines is 1. The maximum absolute atomic E-state index is 12.2. The van der Waals surface area contributed by atoms with E-state index in [-0.39, 0.29) is 11.9 Å². The summed E-state index contributed by atoms with van der Waals surface area (Å²) in [6.45, 7) is 5.91. The van der Waals surface area contributed by atoms with E-state index >= 15 is 0 Å². The molecular formula is C19H25N3O3. The highest BCUT2D eigenvalue weighted by Crippen LogP contribution is 2.20. The molecule has 6 heteroatoms. The summed E-state index contributed by atoms with van der Waals surface area (Å²) < 4.78 is 10.5. The molecular weight excluding hydrogens is 318 g/mol. The van der Waals surface area contributed by atoms with Crippen molar-refractivity contribution in [3.05, 3.63) is 48.4 Å². The molecule has 2 aromatic rings. The first-order valence-electron chi connectivity index (χ1n) is 8.60. The standard InChI is InChI=1S/C19H25N3O3/c1-15(18-4-3-13-25-18)20-19(23)14-21-9-11-22(12-10-21)16-5-7-17(24-2)8-6-16/h3-8,13,15H,9-12,14H2,1-2H3,(H,20,23). The van der Waals surface area contributed by atoms with Crippen molar-refractivity contribution in [2.24, 2.45) is 0 Å². The first-order valence-corrected chi connectivity index (χ1v) is 8.60. The van der Waals surface area contributed by atoms with Gasteiger partial charge in [0.1, 0.15) is 11.5 Å². The summed E-state index contributed by atoms with van der Waals surface area (Å²) >= 11 is 0. The molecule has 1 atom stereocenters. The average Bonchev–Trinajstić information content (AvgIpc) is 3.17. The molecule has 134 valence electrons. The lowest BCUT2D eigenvalue weighted by molar-refractivity contribution is -0.123. The Bertz CT molecular complexity index is 662. The minimum absolute atomic E-state index is 0.0294. The van der Waals surface area contributed by atoms with Crippen LogP contribution in [0.4, 0.5) is 5.69 Å². The number of hydrogen-bond acceptors (Lipinski definition) is 5. The monoisotopic (exact) mass is 343 g/mol. The number of carbonyl (C=O) groups excluding carboxylic acids is 1. The van der Waals surface area contributed by atoms with Crippen molar-refractivity contribution < 1.29 is 13.9 Å². The van der Waals surface area contributed by atoms with Gasteiger partial charge in [0.15, 0.2) is 0 Å². The van der Waals surface area contributed by atoms with Gasteiger partial charge in [0, 0.05) is 31.9 Å². The normalized spacial score (nSPS) is 16.5. The Kier molecular flexibility index (Phi) is 5.60. The van der Waals surface area contributed by atoms with Crippen LogP contribution < -0.4 is 15.0 Å². The Morgan fingerprint density at radius 3 is 2.52 bits per heavy atom. The van der Waals surface area contributed by atoms with Crippen molar-refractivity contribution in [3.8, 4) is 5.75 Å². The lowest BCUT2D eigenvalue weighted by Crippen LogP contribution is -2.49. The molecule has 1 saturated heterocycles. The van der Waals surface area contributed by atoms with Crippen molar-refractivity contribution in [2.45, 2.75) is 13.0 Å². The number of nitrogens with zero attached hydrogens (tertiary/aromatic N) is 2. The molecule has 0 aliphatic carbocycles. The number of hydrogen-bond donors (Lipinski definition) is 1. The van der Waals surface area contributed by atoms with Crippen LogP contribution in [-0.4, -0.2) is 50.6 Å². The maximum Gasteiger partial charge on any atom is 0.234 e. The third kappa shape index (κ3) is 4.54. The molecule has 1 aromatic heterocycles. The van der Waals surface area contributed by atoms with Gasteiger partial charge in [-0.2, -0.15) is 0 Å². The van der Waals surface area contributed by atoms with Gasteiger partial charge in [-0.3, -0.25) is 9.69 Å². The van der Waals surface area contributed by atoms with E-state index in [1.54, 1.807) is 13.4 Å². The van der Waals surface area contributed by atoms with Gasteiger partial charge in [0.05, 0.1) is 26.0 Å². The molecule has 1 aromatic carbocycles. The average molecular weight is 343 g/mol. The number of nitrogens with one attached hydrogen (secondary N) is 1. The minimum Gasteiger partial charge on any atom is -0.497 e. The van der Waals surface area contributed by atoms with Crippen LogP contribution >= 0.6 is 0 Å². The van der Waals surface area contributed by atoms with E-state index in [0.717, 1.165) is 37.7 Å². The molecule has 0 spiro atoms. The minimum atomic E-state index is -0.108. The molecule has 25 heavy (non-hydrogen) atoms. The number of benzene rings is 1. The second-order valence-electron chi connectivity index (χ2n) is 6.27. The molecule has 3 rings (SSSR count). The predicted octanol–water partition coefficient (Wildman–Crippen LogP) is 2.29. The summed E-state index contributed by atoms with van der Waals surface area (Å²) in [6, 6.07) is 11.7. The van der Waals surface area contributed by atoms with Crippen molar-refractivity contribution >= 4 is 11.6 Å². The van der Waals surface area contributed by atoms with Crippen molar-refractivity contribution in [3.63, 3.8) is 0 Å². The fourth-order valence-corrected chi connectivity index (χ4v) is 3.06. The van der Waals surface area contributed by atoms with E-state index in [0.29, 0.717) is 6.54 Å². The highest BCUT2D eigenvalue weighted by molar-refractivity contribution is 5.78. The Labute approximate surface area is 148 Å². The Hall–Kier alpha value is -2.47. The molecule has 0 saturated carbocycles. The second-order valence-corrected chi connectivity index (χ2v) is 6.27. The molecule has 1 amide bonds. The summed E-state index contributed by atoms with van der Waals surface area (Å²) in [7, 11) is 1.67. The largest absolute Gasteiger partial charge is 0.497 e. The van der Waals surface area contributed by atoms with Crippen molar-refractivity contribution in [1.82, 2.24) is 10.2 Å². The maximum atomic E-state index is 12.2. The van der Waals surface area contributed by atoms with Gasteiger partial charge in [-0.15, -0.1) is 0 Å². The zero-order chi connectivity index (χ0) is 17.6. The third-order valence-electron chi connectivity index (χ3n) is 4.52. The Balaban J connectivity index is 1.44. The van der Waals surface area contributed by atoms with Crippen LogP contribution in [0.2, 0.25) is 0 Å². The zero-order valence-corrected chi connectivity index (χ0v) is 14.8. The van der Waals surface area contributed by atoms with Crippen LogP contribution in [0.1, 0.15) is 18.7 Å². The number of piperazine rings is 1. The van der Waals surface area contributed by atoms with Crippen LogP contribution in [0.25, 0.3) is 0 Å². The van der Waals surface area contributed by atoms with E-state index in [2.05, 4.69) is 27.2 Å². The van der Waals surface area contributed by atoms with Crippen LogP contribution in [0.15, 0.2) is 47.1 Å². The van der Waals surface area contributed by atoms with E-state index < -0.39 is 0 Å². The van der Waals surface area contributed by atoms with Gasteiger partial charge in [-0.05, 0) is 43.3 Å². The predicted molar refractivity (Wildman–Crippen MR) is 96.9 cm³/mol. The second kappa shape index (κ2) is 8.07. The van der Waals surface area contributed by atoms with E-state index in [9.17, 15) is 4.79 Å². The number of amides is 1. The van der Waals surface area contributed by atoms with Crippen LogP contribution in [0.3, 0.4) is 0 Å². The highest BCUT2D eigenvalue weighted by Gasteiger charge is 2.20. The number of carbonyl (C=O) groups is 1. The molecule has 6 nitrogen and oxygen atoms in total. The van der Waals surface area contributed by atoms with E-state index in [4.69, 9.17) is 9.15 Å². The van der Waals surface area contributed by atoms with Gasteiger partial charge in [-0.1, -0.05) is 0 Å². The SMILES string of the molecule is COc1ccc(N2CCN(CC(=O)NC(C)c3ccco3)CC2)cc1. The Morgan fingerprint density at radius 1 is 1.20 bits per heavy atom. The molecule has 0 bridgehead atoms. The fourth-order valence-electron chi connectivity index (χ4n) is 3.06. The molecule has 0 radical (unpaired) electrons. The van der Waals surface area contributed by atoms with E-state index in [1.165, 1.54) is 5.69 Å². The molecule has 2 heterocycles. The van der Waals surface area contributed by atoms with Gasteiger partial charge in [0.2, 0.25) is 5.91 Å².